The third-order valence-electron chi connectivity index (χ3n) is 3.92. The van der Waals surface area contributed by atoms with E-state index in [0.717, 1.165) is 12.8 Å². The third kappa shape index (κ3) is 3.93. The van der Waals surface area contributed by atoms with Gasteiger partial charge in [0, 0.05) is 30.2 Å². The summed E-state index contributed by atoms with van der Waals surface area (Å²) in [4.78, 5) is 14.4. The Labute approximate surface area is 126 Å². The van der Waals surface area contributed by atoms with E-state index in [-0.39, 0.29) is 17.9 Å². The fourth-order valence-electron chi connectivity index (χ4n) is 2.16. The number of hydrogen-bond donors (Lipinski definition) is 0. The summed E-state index contributed by atoms with van der Waals surface area (Å²) in [7, 11) is 0. The van der Waals surface area contributed by atoms with Gasteiger partial charge < -0.3 is 9.32 Å². The summed E-state index contributed by atoms with van der Waals surface area (Å²) < 4.78 is 5.48. The van der Waals surface area contributed by atoms with Crippen molar-refractivity contribution in [2.24, 2.45) is 5.92 Å². The van der Waals surface area contributed by atoms with Gasteiger partial charge in [-0.3, -0.25) is 4.79 Å². The second kappa shape index (κ2) is 6.41. The van der Waals surface area contributed by atoms with E-state index in [9.17, 15) is 4.79 Å². The van der Waals surface area contributed by atoms with E-state index in [4.69, 9.17) is 4.42 Å². The maximum atomic E-state index is 12.4. The Morgan fingerprint density at radius 2 is 1.90 bits per heavy atom. The van der Waals surface area contributed by atoms with E-state index in [1.165, 1.54) is 0 Å². The van der Waals surface area contributed by atoms with Gasteiger partial charge in [-0.2, -0.15) is 0 Å². The zero-order chi connectivity index (χ0) is 15.6. The maximum Gasteiger partial charge on any atom is 0.247 e. The van der Waals surface area contributed by atoms with Crippen molar-refractivity contribution in [2.45, 2.75) is 65.5 Å². The van der Waals surface area contributed by atoms with E-state index in [1.807, 2.05) is 18.7 Å². The largest absolute Gasteiger partial charge is 0.421 e. The van der Waals surface area contributed by atoms with Crippen LogP contribution in [0.1, 0.15) is 65.2 Å². The Morgan fingerprint density at radius 1 is 1.24 bits per heavy atom. The van der Waals surface area contributed by atoms with Gasteiger partial charge in [-0.15, -0.1) is 10.2 Å². The van der Waals surface area contributed by atoms with E-state index in [0.29, 0.717) is 23.7 Å². The SMILES string of the molecule is CC(C)c1nnc(/C=C/C(=O)N(C2CC2)C(C)C(C)C)o1. The van der Waals surface area contributed by atoms with Gasteiger partial charge in [0.25, 0.3) is 0 Å². The second-order valence-corrected chi connectivity index (χ2v) is 6.43. The number of rotatable bonds is 6. The molecule has 5 nitrogen and oxygen atoms in total. The molecule has 1 saturated carbocycles. The number of nitrogens with zero attached hydrogens (tertiary/aromatic N) is 3. The first-order valence-corrected chi connectivity index (χ1v) is 7.74. The molecule has 1 aliphatic carbocycles. The minimum absolute atomic E-state index is 0.0306. The van der Waals surface area contributed by atoms with Crippen molar-refractivity contribution in [1.82, 2.24) is 15.1 Å². The molecule has 0 radical (unpaired) electrons. The average Bonchev–Trinajstić information content (AvgIpc) is 3.13. The zero-order valence-electron chi connectivity index (χ0n) is 13.5. The Hall–Kier alpha value is -1.65. The number of amides is 1. The number of carbonyl (C=O) groups is 1. The molecular weight excluding hydrogens is 266 g/mol. The summed E-state index contributed by atoms with van der Waals surface area (Å²) in [6.45, 7) is 10.4. The van der Waals surface area contributed by atoms with Gasteiger partial charge in [0.1, 0.15) is 0 Å². The van der Waals surface area contributed by atoms with Crippen LogP contribution < -0.4 is 0 Å². The van der Waals surface area contributed by atoms with Gasteiger partial charge in [0.05, 0.1) is 0 Å². The van der Waals surface area contributed by atoms with Gasteiger partial charge in [-0.05, 0) is 25.7 Å². The predicted molar refractivity (Wildman–Crippen MR) is 81.6 cm³/mol. The lowest BCUT2D eigenvalue weighted by Crippen LogP contribution is -2.42. The molecule has 2 rings (SSSR count). The molecule has 1 aromatic rings. The van der Waals surface area contributed by atoms with Crippen molar-refractivity contribution in [3.05, 3.63) is 17.9 Å². The molecular formula is C16H25N3O2. The van der Waals surface area contributed by atoms with Gasteiger partial charge in [-0.25, -0.2) is 0 Å². The van der Waals surface area contributed by atoms with Crippen LogP contribution in [0.3, 0.4) is 0 Å². The van der Waals surface area contributed by atoms with E-state index < -0.39 is 0 Å². The van der Waals surface area contributed by atoms with Crippen LogP contribution in [0.5, 0.6) is 0 Å². The fraction of sp³-hybridized carbons (Fsp3) is 0.688. The maximum absolute atomic E-state index is 12.4. The molecule has 0 bridgehead atoms. The van der Waals surface area contributed by atoms with Gasteiger partial charge >= 0.3 is 0 Å². The van der Waals surface area contributed by atoms with Gasteiger partial charge in [0.2, 0.25) is 17.7 Å². The molecule has 0 spiro atoms. The highest BCUT2D eigenvalue weighted by molar-refractivity contribution is 5.91. The van der Waals surface area contributed by atoms with Crippen LogP contribution in [0.4, 0.5) is 0 Å². The monoisotopic (exact) mass is 291 g/mol. The average molecular weight is 291 g/mol. The van der Waals surface area contributed by atoms with Crippen LogP contribution in [0, 0.1) is 5.92 Å². The summed E-state index contributed by atoms with van der Waals surface area (Å²) in [5.74, 6) is 1.65. The van der Waals surface area contributed by atoms with Crippen LogP contribution in [0.2, 0.25) is 0 Å². The summed E-state index contributed by atoms with van der Waals surface area (Å²) in [5.41, 5.74) is 0. The highest BCUT2D eigenvalue weighted by Gasteiger charge is 2.35. The predicted octanol–water partition coefficient (Wildman–Crippen LogP) is 3.24. The van der Waals surface area contributed by atoms with E-state index in [2.05, 4.69) is 31.0 Å². The Kier molecular flexibility index (Phi) is 4.80. The summed E-state index contributed by atoms with van der Waals surface area (Å²) in [5, 5.41) is 7.89. The lowest BCUT2D eigenvalue weighted by Gasteiger charge is -2.31. The normalized spacial score (nSPS) is 16.9. The molecule has 5 heteroatoms. The molecule has 116 valence electrons. The Morgan fingerprint density at radius 3 is 2.38 bits per heavy atom. The Bertz CT molecular complexity index is 515. The molecule has 1 unspecified atom stereocenters. The van der Waals surface area contributed by atoms with Crippen LogP contribution in [-0.2, 0) is 4.79 Å². The number of carbonyl (C=O) groups excluding carboxylic acids is 1. The quantitative estimate of drug-likeness (QED) is 0.755. The highest BCUT2D eigenvalue weighted by atomic mass is 16.4. The lowest BCUT2D eigenvalue weighted by atomic mass is 10.0. The molecule has 1 atom stereocenters. The van der Waals surface area contributed by atoms with E-state index in [1.54, 1.807) is 12.2 Å². The highest BCUT2D eigenvalue weighted by Crippen LogP contribution is 2.31. The molecule has 1 heterocycles. The molecule has 1 fully saturated rings. The topological polar surface area (TPSA) is 59.2 Å². The smallest absolute Gasteiger partial charge is 0.247 e. The first-order chi connectivity index (χ1) is 9.90. The molecule has 1 amide bonds. The van der Waals surface area contributed by atoms with E-state index >= 15 is 0 Å². The van der Waals surface area contributed by atoms with Crippen LogP contribution in [-0.4, -0.2) is 33.1 Å². The fourth-order valence-corrected chi connectivity index (χ4v) is 2.16. The summed E-state index contributed by atoms with van der Waals surface area (Å²) in [6.07, 6.45) is 5.38. The van der Waals surface area contributed by atoms with Crippen LogP contribution in [0.15, 0.2) is 10.5 Å². The summed E-state index contributed by atoms with van der Waals surface area (Å²) in [6, 6.07) is 0.636. The second-order valence-electron chi connectivity index (χ2n) is 6.43. The Balaban J connectivity index is 2.05. The first kappa shape index (κ1) is 15.7. The molecule has 0 aromatic carbocycles. The van der Waals surface area contributed by atoms with Crippen LogP contribution in [0.25, 0.3) is 6.08 Å². The molecule has 0 N–H and O–H groups in total. The summed E-state index contributed by atoms with van der Waals surface area (Å²) >= 11 is 0. The van der Waals surface area contributed by atoms with Crippen LogP contribution >= 0.6 is 0 Å². The number of hydrogen-bond acceptors (Lipinski definition) is 4. The minimum Gasteiger partial charge on any atom is -0.421 e. The molecule has 21 heavy (non-hydrogen) atoms. The molecule has 1 aliphatic rings. The first-order valence-electron chi connectivity index (χ1n) is 7.74. The molecule has 1 aromatic heterocycles. The van der Waals surface area contributed by atoms with Crippen molar-refractivity contribution in [3.63, 3.8) is 0 Å². The van der Waals surface area contributed by atoms with Gasteiger partial charge in [-0.1, -0.05) is 27.7 Å². The van der Waals surface area contributed by atoms with Crippen molar-refractivity contribution in [3.8, 4) is 0 Å². The van der Waals surface area contributed by atoms with Crippen molar-refractivity contribution >= 4 is 12.0 Å². The standard InChI is InChI=1S/C16H25N3O2/c1-10(2)12(5)19(13-6-7-13)15(20)9-8-14-17-18-16(21-14)11(3)4/h8-13H,6-7H2,1-5H3/b9-8+. The van der Waals surface area contributed by atoms with Gasteiger partial charge in [0.15, 0.2) is 0 Å². The van der Waals surface area contributed by atoms with Crippen molar-refractivity contribution < 1.29 is 9.21 Å². The molecule has 0 aliphatic heterocycles. The zero-order valence-corrected chi connectivity index (χ0v) is 13.5. The third-order valence-corrected chi connectivity index (χ3v) is 3.92. The van der Waals surface area contributed by atoms with Crippen molar-refractivity contribution in [1.29, 1.82) is 0 Å². The van der Waals surface area contributed by atoms with Crippen molar-refractivity contribution in [2.75, 3.05) is 0 Å². The lowest BCUT2D eigenvalue weighted by molar-refractivity contribution is -0.129. The number of aromatic nitrogens is 2. The molecule has 0 saturated heterocycles. The minimum atomic E-state index is 0.0306.